The van der Waals surface area contributed by atoms with Crippen molar-refractivity contribution in [2.24, 2.45) is 0 Å². The number of nitrogens with zero attached hydrogens (tertiary/aromatic N) is 4. The number of halogens is 1. The van der Waals surface area contributed by atoms with Gasteiger partial charge in [0.15, 0.2) is 5.65 Å². The van der Waals surface area contributed by atoms with Gasteiger partial charge in [0.2, 0.25) is 10.0 Å². The molecule has 2 aromatic heterocycles. The molecule has 0 amide bonds. The van der Waals surface area contributed by atoms with Gasteiger partial charge in [-0.3, -0.25) is 8.87 Å². The minimum atomic E-state index is -3.49. The Morgan fingerprint density at radius 1 is 1.08 bits per heavy atom. The lowest BCUT2D eigenvalue weighted by Crippen LogP contribution is -2.26. The summed E-state index contributed by atoms with van der Waals surface area (Å²) >= 11 is 6.46. The van der Waals surface area contributed by atoms with Gasteiger partial charge in [-0.15, -0.1) is 0 Å². The second kappa shape index (κ2) is 10.2. The zero-order chi connectivity index (χ0) is 25.4. The number of rotatable bonds is 6. The molecule has 36 heavy (non-hydrogen) atoms. The molecular formula is C25H32ClN5O4S. The van der Waals surface area contributed by atoms with Crippen molar-refractivity contribution < 1.29 is 17.9 Å². The molecule has 4 heterocycles. The number of fused-ring (bicyclic) bond motifs is 1. The third-order valence-electron chi connectivity index (χ3n) is 7.06. The second-order valence-corrected chi connectivity index (χ2v) is 11.9. The Morgan fingerprint density at radius 3 is 2.56 bits per heavy atom. The van der Waals surface area contributed by atoms with Crippen LogP contribution in [0.3, 0.4) is 0 Å². The molecule has 5 rings (SSSR count). The van der Waals surface area contributed by atoms with E-state index in [0.29, 0.717) is 59.1 Å². The maximum absolute atomic E-state index is 12.5. The summed E-state index contributed by atoms with van der Waals surface area (Å²) in [6.07, 6.45) is 5.91. The van der Waals surface area contributed by atoms with Gasteiger partial charge in [-0.25, -0.2) is 18.4 Å². The summed E-state index contributed by atoms with van der Waals surface area (Å²) in [5.74, 6) is 1.12. The highest BCUT2D eigenvalue weighted by molar-refractivity contribution is 7.92. The van der Waals surface area contributed by atoms with Gasteiger partial charge in [-0.05, 0) is 62.6 Å². The van der Waals surface area contributed by atoms with Gasteiger partial charge in [0.25, 0.3) is 0 Å². The van der Waals surface area contributed by atoms with Crippen LogP contribution in [0.25, 0.3) is 11.2 Å². The first-order valence-corrected chi connectivity index (χ1v) is 14.5. The van der Waals surface area contributed by atoms with Crippen LogP contribution in [0.2, 0.25) is 5.15 Å². The van der Waals surface area contributed by atoms with Gasteiger partial charge < -0.3 is 14.8 Å². The predicted molar refractivity (Wildman–Crippen MR) is 142 cm³/mol. The smallest absolute Gasteiger partial charge is 0.232 e. The van der Waals surface area contributed by atoms with Crippen molar-refractivity contribution in [3.8, 4) is 0 Å². The molecule has 2 saturated heterocycles. The number of aromatic nitrogens is 3. The molecule has 0 bridgehead atoms. The Balaban J connectivity index is 1.57. The molecule has 9 nitrogen and oxygen atoms in total. The van der Waals surface area contributed by atoms with Crippen LogP contribution in [0.5, 0.6) is 0 Å². The number of anilines is 3. The van der Waals surface area contributed by atoms with Crippen molar-refractivity contribution in [2.75, 3.05) is 42.7 Å². The van der Waals surface area contributed by atoms with Crippen LogP contribution in [0.1, 0.15) is 55.6 Å². The number of pyridine rings is 1. The highest BCUT2D eigenvalue weighted by atomic mass is 35.5. The topological polar surface area (TPSA) is 98.6 Å². The number of aryl methyl sites for hydroxylation is 1. The first kappa shape index (κ1) is 25.3. The summed E-state index contributed by atoms with van der Waals surface area (Å²) in [6, 6.07) is 7.66. The number of ether oxygens (including phenoxy) is 2. The second-order valence-electron chi connectivity index (χ2n) is 9.53. The molecule has 3 aromatic rings. The maximum atomic E-state index is 12.5. The molecule has 2 aliphatic rings. The molecule has 1 aromatic carbocycles. The molecule has 0 radical (unpaired) electrons. The van der Waals surface area contributed by atoms with Gasteiger partial charge >= 0.3 is 0 Å². The molecular weight excluding hydrogens is 502 g/mol. The number of sulfonamides is 1. The standard InChI is InChI=1S/C25H32ClN5O4S/c1-16-27-24-20(15-22(26)29-25(24)31(16)23-6-4-5-11-35-23)28-19-8-7-18(17-9-12-34-13-10-17)14-21(19)30(2)36(3,32)33/h7-8,14-15,17,23H,4-6,9-13H2,1-3H3,(H,28,29). The Morgan fingerprint density at radius 2 is 1.86 bits per heavy atom. The zero-order valence-electron chi connectivity index (χ0n) is 20.8. The lowest BCUT2D eigenvalue weighted by Gasteiger charge is -2.26. The van der Waals surface area contributed by atoms with E-state index in [1.165, 1.54) is 10.6 Å². The van der Waals surface area contributed by atoms with E-state index in [1.54, 1.807) is 13.1 Å². The summed E-state index contributed by atoms with van der Waals surface area (Å²) in [6.45, 7) is 4.06. The summed E-state index contributed by atoms with van der Waals surface area (Å²) in [5.41, 5.74) is 4.27. The highest BCUT2D eigenvalue weighted by Crippen LogP contribution is 2.38. The van der Waals surface area contributed by atoms with Crippen LogP contribution in [0.15, 0.2) is 24.3 Å². The lowest BCUT2D eigenvalue weighted by atomic mass is 9.91. The predicted octanol–water partition coefficient (Wildman–Crippen LogP) is 5.13. The molecule has 2 fully saturated rings. The Labute approximate surface area is 216 Å². The van der Waals surface area contributed by atoms with Crippen LogP contribution in [0.4, 0.5) is 17.1 Å². The lowest BCUT2D eigenvalue weighted by molar-refractivity contribution is -0.0309. The average Bonchev–Trinajstić information content (AvgIpc) is 3.20. The van der Waals surface area contributed by atoms with E-state index in [2.05, 4.69) is 16.4 Å². The quantitative estimate of drug-likeness (QED) is 0.439. The van der Waals surface area contributed by atoms with Gasteiger partial charge in [-0.2, -0.15) is 0 Å². The first-order valence-electron chi connectivity index (χ1n) is 12.3. The maximum Gasteiger partial charge on any atom is 0.232 e. The van der Waals surface area contributed by atoms with Crippen molar-refractivity contribution in [3.05, 3.63) is 40.8 Å². The molecule has 0 aliphatic carbocycles. The largest absolute Gasteiger partial charge is 0.381 e. The van der Waals surface area contributed by atoms with E-state index < -0.39 is 10.0 Å². The molecule has 2 aliphatic heterocycles. The molecule has 1 atom stereocenters. The monoisotopic (exact) mass is 533 g/mol. The molecule has 194 valence electrons. The molecule has 1 unspecified atom stereocenters. The SMILES string of the molecule is Cc1nc2c(Nc3ccc(C4CCOCC4)cc3N(C)S(C)(=O)=O)cc(Cl)nc2n1C1CCCCO1. The van der Waals surface area contributed by atoms with Crippen molar-refractivity contribution in [1.82, 2.24) is 14.5 Å². The fourth-order valence-electron chi connectivity index (χ4n) is 5.03. The summed E-state index contributed by atoms with van der Waals surface area (Å²) < 4.78 is 39.9. The Bertz CT molecular complexity index is 1360. The highest BCUT2D eigenvalue weighted by Gasteiger charge is 2.25. The zero-order valence-corrected chi connectivity index (χ0v) is 22.4. The van der Waals surface area contributed by atoms with E-state index in [-0.39, 0.29) is 6.23 Å². The van der Waals surface area contributed by atoms with E-state index in [0.717, 1.165) is 43.5 Å². The number of imidazole rings is 1. The first-order chi connectivity index (χ1) is 17.2. The number of hydrogen-bond acceptors (Lipinski definition) is 7. The summed E-state index contributed by atoms with van der Waals surface area (Å²) in [4.78, 5) is 9.37. The molecule has 1 N–H and O–H groups in total. The van der Waals surface area contributed by atoms with Crippen molar-refractivity contribution in [3.63, 3.8) is 0 Å². The molecule has 0 spiro atoms. The fraction of sp³-hybridized carbons (Fsp3) is 0.520. The van der Waals surface area contributed by atoms with Crippen LogP contribution in [0, 0.1) is 6.92 Å². The van der Waals surface area contributed by atoms with E-state index in [9.17, 15) is 8.42 Å². The Hall–Kier alpha value is -2.40. The Kier molecular flexibility index (Phi) is 7.13. The van der Waals surface area contributed by atoms with Crippen LogP contribution < -0.4 is 9.62 Å². The molecule has 11 heteroatoms. The number of nitrogens with one attached hydrogen (secondary N) is 1. The van der Waals surface area contributed by atoms with Crippen LogP contribution in [-0.4, -0.2) is 56.1 Å². The van der Waals surface area contributed by atoms with Gasteiger partial charge in [0.1, 0.15) is 22.7 Å². The summed E-state index contributed by atoms with van der Waals surface area (Å²) in [7, 11) is -1.92. The average molecular weight is 534 g/mol. The number of benzene rings is 1. The number of hydrogen-bond donors (Lipinski definition) is 1. The van der Waals surface area contributed by atoms with Gasteiger partial charge in [-0.1, -0.05) is 17.7 Å². The van der Waals surface area contributed by atoms with E-state index >= 15 is 0 Å². The van der Waals surface area contributed by atoms with Crippen molar-refractivity contribution in [1.29, 1.82) is 0 Å². The summed E-state index contributed by atoms with van der Waals surface area (Å²) in [5, 5.41) is 3.73. The minimum Gasteiger partial charge on any atom is -0.381 e. The van der Waals surface area contributed by atoms with Crippen molar-refractivity contribution >= 4 is 49.9 Å². The van der Waals surface area contributed by atoms with E-state index in [1.807, 2.05) is 23.6 Å². The van der Waals surface area contributed by atoms with E-state index in [4.69, 9.17) is 26.1 Å². The van der Waals surface area contributed by atoms with Gasteiger partial charge in [0.05, 0.1) is 23.3 Å². The fourth-order valence-corrected chi connectivity index (χ4v) is 5.73. The minimum absolute atomic E-state index is 0.131. The normalized spacial score (nSPS) is 19.5. The van der Waals surface area contributed by atoms with Crippen molar-refractivity contribution in [2.45, 2.75) is 51.2 Å². The van der Waals surface area contributed by atoms with Crippen LogP contribution in [-0.2, 0) is 19.5 Å². The third-order valence-corrected chi connectivity index (χ3v) is 8.44. The molecule has 0 saturated carbocycles. The van der Waals surface area contributed by atoms with Gasteiger partial charge in [0, 0.05) is 32.9 Å². The van der Waals surface area contributed by atoms with Crippen LogP contribution >= 0.6 is 11.6 Å². The third kappa shape index (κ3) is 5.04.